The number of rotatable bonds is 5. The normalized spacial score (nSPS) is 16.7. The van der Waals surface area contributed by atoms with Crippen molar-refractivity contribution in [3.63, 3.8) is 0 Å². The zero-order chi connectivity index (χ0) is 17.0. The summed E-state index contributed by atoms with van der Waals surface area (Å²) in [6.45, 7) is 0. The molecule has 0 spiro atoms. The molecule has 1 aliphatic rings. The van der Waals surface area contributed by atoms with E-state index in [1.807, 2.05) is 0 Å². The first-order valence-electron chi connectivity index (χ1n) is 7.76. The Labute approximate surface area is 133 Å². The Balaban J connectivity index is 2.50. The van der Waals surface area contributed by atoms with Gasteiger partial charge in [-0.25, -0.2) is 4.79 Å². The predicted octanol–water partition coefficient (Wildman–Crippen LogP) is 1.41. The average molecular weight is 322 g/mol. The fourth-order valence-corrected chi connectivity index (χ4v) is 3.40. The van der Waals surface area contributed by atoms with E-state index in [0.717, 1.165) is 38.3 Å². The summed E-state index contributed by atoms with van der Waals surface area (Å²) in [4.78, 5) is 37.9. The summed E-state index contributed by atoms with van der Waals surface area (Å²) in [5.74, 6) is -2.13. The fourth-order valence-electron chi connectivity index (χ4n) is 3.40. The van der Waals surface area contributed by atoms with Crippen LogP contribution in [0.1, 0.15) is 60.4 Å². The molecule has 1 amide bonds. The number of esters is 1. The lowest BCUT2D eigenvalue weighted by Gasteiger charge is -2.30. The molecule has 0 aromatic carbocycles. The minimum atomic E-state index is -0.749. The molecule has 0 aliphatic heterocycles. The molecule has 2 rings (SSSR count). The number of methoxy groups -OCH3 is 1. The molecule has 0 radical (unpaired) electrons. The molecule has 23 heavy (non-hydrogen) atoms. The number of aromatic hydroxyl groups is 1. The Bertz CT molecular complexity index is 646. The van der Waals surface area contributed by atoms with E-state index in [4.69, 9.17) is 5.73 Å². The number of amides is 1. The maximum Gasteiger partial charge on any atom is 0.343 e. The average Bonchev–Trinajstić information content (AvgIpc) is 2.54. The van der Waals surface area contributed by atoms with Crippen LogP contribution in [0.4, 0.5) is 0 Å². The van der Waals surface area contributed by atoms with E-state index in [0.29, 0.717) is 0 Å². The number of aromatic nitrogens is 1. The molecule has 7 nitrogen and oxygen atoms in total. The smallest absolute Gasteiger partial charge is 0.343 e. The van der Waals surface area contributed by atoms with Crippen molar-refractivity contribution in [2.45, 2.75) is 44.4 Å². The maximum atomic E-state index is 12.2. The molecule has 4 N–H and O–H groups in total. The van der Waals surface area contributed by atoms with Crippen molar-refractivity contribution in [2.75, 3.05) is 7.11 Å². The molecule has 1 fully saturated rings. The number of nitrogens with two attached hydrogens (primary N) is 1. The van der Waals surface area contributed by atoms with Gasteiger partial charge in [0.05, 0.1) is 12.7 Å². The van der Waals surface area contributed by atoms with Crippen molar-refractivity contribution in [2.24, 2.45) is 11.7 Å². The van der Waals surface area contributed by atoms with Gasteiger partial charge < -0.3 is 20.6 Å². The van der Waals surface area contributed by atoms with Crippen molar-refractivity contribution in [1.29, 1.82) is 0 Å². The monoisotopic (exact) mass is 322 g/mol. The van der Waals surface area contributed by atoms with E-state index < -0.39 is 29.1 Å². The number of carbonyl (C=O) groups is 2. The number of hydrogen-bond acceptors (Lipinski definition) is 5. The third-order valence-corrected chi connectivity index (χ3v) is 4.52. The van der Waals surface area contributed by atoms with Crippen LogP contribution >= 0.6 is 0 Å². The zero-order valence-electron chi connectivity index (χ0n) is 13.1. The molecule has 1 saturated carbocycles. The predicted molar refractivity (Wildman–Crippen MR) is 83.2 cm³/mol. The first kappa shape index (κ1) is 17.1. The maximum absolute atomic E-state index is 12.2. The van der Waals surface area contributed by atoms with Crippen LogP contribution in [0.15, 0.2) is 11.0 Å². The molecule has 1 atom stereocenters. The summed E-state index contributed by atoms with van der Waals surface area (Å²) in [7, 11) is 1.19. The van der Waals surface area contributed by atoms with E-state index in [-0.39, 0.29) is 23.5 Å². The Hall–Kier alpha value is -2.31. The number of ether oxygens (including phenoxy) is 1. The highest BCUT2D eigenvalue weighted by Crippen LogP contribution is 2.40. The van der Waals surface area contributed by atoms with Crippen LogP contribution < -0.4 is 11.3 Å². The number of primary amides is 1. The second-order valence-corrected chi connectivity index (χ2v) is 5.96. The van der Waals surface area contributed by atoms with E-state index in [1.165, 1.54) is 7.11 Å². The van der Waals surface area contributed by atoms with E-state index >= 15 is 0 Å². The highest BCUT2D eigenvalue weighted by molar-refractivity contribution is 5.92. The zero-order valence-corrected chi connectivity index (χ0v) is 13.1. The van der Waals surface area contributed by atoms with Crippen molar-refractivity contribution < 1.29 is 19.4 Å². The van der Waals surface area contributed by atoms with Crippen LogP contribution in [-0.2, 0) is 9.53 Å². The Morgan fingerprint density at radius 1 is 1.39 bits per heavy atom. The van der Waals surface area contributed by atoms with Crippen molar-refractivity contribution in [1.82, 2.24) is 4.98 Å². The molecule has 1 aromatic heterocycles. The molecule has 1 aliphatic carbocycles. The second-order valence-electron chi connectivity index (χ2n) is 5.96. The third-order valence-electron chi connectivity index (χ3n) is 4.52. The molecule has 7 heteroatoms. The highest BCUT2D eigenvalue weighted by Gasteiger charge is 2.32. The van der Waals surface area contributed by atoms with Crippen LogP contribution in [-0.4, -0.2) is 29.1 Å². The summed E-state index contributed by atoms with van der Waals surface area (Å²) in [5.41, 5.74) is 4.77. The number of pyridine rings is 1. The lowest BCUT2D eigenvalue weighted by atomic mass is 9.75. The summed E-state index contributed by atoms with van der Waals surface area (Å²) in [5, 5.41) is 10.4. The van der Waals surface area contributed by atoms with Crippen LogP contribution in [0.5, 0.6) is 5.75 Å². The number of carbonyl (C=O) groups excluding carboxylic acids is 2. The van der Waals surface area contributed by atoms with Gasteiger partial charge in [-0.3, -0.25) is 9.59 Å². The topological polar surface area (TPSA) is 122 Å². The largest absolute Gasteiger partial charge is 0.506 e. The van der Waals surface area contributed by atoms with Gasteiger partial charge in [0.2, 0.25) is 5.91 Å². The molecule has 0 bridgehead atoms. The number of hydrogen-bond donors (Lipinski definition) is 3. The molecule has 1 aromatic rings. The van der Waals surface area contributed by atoms with Gasteiger partial charge in [-0.05, 0) is 18.8 Å². The van der Waals surface area contributed by atoms with Crippen LogP contribution in [0.2, 0.25) is 0 Å². The van der Waals surface area contributed by atoms with Gasteiger partial charge in [-0.15, -0.1) is 0 Å². The number of aromatic amines is 1. The highest BCUT2D eigenvalue weighted by atomic mass is 16.5. The van der Waals surface area contributed by atoms with Gasteiger partial charge in [-0.2, -0.15) is 0 Å². The summed E-state index contributed by atoms with van der Waals surface area (Å²) in [6, 6.07) is 0. The fraction of sp³-hybridized carbons (Fsp3) is 0.562. The third kappa shape index (κ3) is 3.72. The van der Waals surface area contributed by atoms with Crippen molar-refractivity contribution in [3.8, 4) is 5.75 Å². The molecule has 1 heterocycles. The Morgan fingerprint density at radius 2 is 2.04 bits per heavy atom. The summed E-state index contributed by atoms with van der Waals surface area (Å²) >= 11 is 0. The first-order valence-corrected chi connectivity index (χ1v) is 7.76. The van der Waals surface area contributed by atoms with Crippen molar-refractivity contribution >= 4 is 11.9 Å². The second kappa shape index (κ2) is 7.30. The van der Waals surface area contributed by atoms with Crippen LogP contribution in [0.25, 0.3) is 0 Å². The summed E-state index contributed by atoms with van der Waals surface area (Å²) in [6.07, 6.45) is 5.94. The van der Waals surface area contributed by atoms with E-state index in [2.05, 4.69) is 9.72 Å². The Kier molecular flexibility index (Phi) is 5.41. The SMILES string of the molecule is COC(=O)c1c[nH]c(=O)c([C@H](CC(N)=O)C2CCCCC2)c1O. The van der Waals surface area contributed by atoms with Gasteiger partial charge in [0.1, 0.15) is 11.3 Å². The molecule has 126 valence electrons. The van der Waals surface area contributed by atoms with Gasteiger partial charge in [-0.1, -0.05) is 19.3 Å². The van der Waals surface area contributed by atoms with Crippen LogP contribution in [0, 0.1) is 5.92 Å². The number of nitrogens with one attached hydrogen (secondary N) is 1. The van der Waals surface area contributed by atoms with Gasteiger partial charge in [0.15, 0.2) is 0 Å². The lowest BCUT2D eigenvalue weighted by molar-refractivity contribution is -0.118. The van der Waals surface area contributed by atoms with E-state index in [9.17, 15) is 19.5 Å². The first-order chi connectivity index (χ1) is 11.0. The van der Waals surface area contributed by atoms with Crippen molar-refractivity contribution in [3.05, 3.63) is 27.7 Å². The summed E-state index contributed by atoms with van der Waals surface area (Å²) < 4.78 is 4.61. The minimum Gasteiger partial charge on any atom is -0.506 e. The molecule has 0 saturated heterocycles. The van der Waals surface area contributed by atoms with Crippen LogP contribution in [0.3, 0.4) is 0 Å². The van der Waals surface area contributed by atoms with Gasteiger partial charge in [0.25, 0.3) is 5.56 Å². The quantitative estimate of drug-likeness (QED) is 0.707. The number of H-pyrrole nitrogens is 1. The molecular formula is C16H22N2O5. The lowest BCUT2D eigenvalue weighted by Crippen LogP contribution is -2.28. The van der Waals surface area contributed by atoms with E-state index in [1.54, 1.807) is 0 Å². The molecular weight excluding hydrogens is 300 g/mol. The molecule has 0 unspecified atom stereocenters. The minimum absolute atomic E-state index is 0.0358. The Morgan fingerprint density at radius 3 is 2.61 bits per heavy atom. The van der Waals surface area contributed by atoms with Gasteiger partial charge >= 0.3 is 5.97 Å². The standard InChI is InChI=1S/C16H22N2O5/c1-23-16(22)11-8-18-15(21)13(14(11)20)10(7-12(17)19)9-5-3-2-4-6-9/h8-10H,2-7H2,1H3,(H2,17,19)(H2,18,20,21)/t10-/m1/s1. The van der Waals surface area contributed by atoms with Gasteiger partial charge in [0, 0.05) is 18.5 Å².